The van der Waals surface area contributed by atoms with Crippen molar-refractivity contribution in [3.8, 4) is 5.75 Å². The van der Waals surface area contributed by atoms with Gasteiger partial charge in [0.1, 0.15) is 11.4 Å². The minimum Gasteiger partial charge on any atom is -0.488 e. The van der Waals surface area contributed by atoms with E-state index in [1.165, 1.54) is 0 Å². The number of carbonyl (C=O) groups excluding carboxylic acids is 1. The van der Waals surface area contributed by atoms with Crippen LogP contribution in [0.15, 0.2) is 24.3 Å². The van der Waals surface area contributed by atoms with Gasteiger partial charge in [0.2, 0.25) is 5.91 Å². The molecular weight excluding hydrogens is 228 g/mol. The Morgan fingerprint density at radius 1 is 1.33 bits per heavy atom. The van der Waals surface area contributed by atoms with E-state index in [0.717, 1.165) is 11.3 Å². The number of amides is 1. The average Bonchev–Trinajstić information content (AvgIpc) is 2.26. The summed E-state index contributed by atoms with van der Waals surface area (Å²) in [5, 5.41) is 2.83. The molecule has 0 aliphatic rings. The number of ether oxygens (including phenoxy) is 1. The molecule has 0 bridgehead atoms. The second kappa shape index (κ2) is 6.40. The van der Waals surface area contributed by atoms with Crippen LogP contribution >= 0.6 is 0 Å². The Kier molecular flexibility index (Phi) is 5.16. The number of rotatable bonds is 5. The molecule has 0 aliphatic heterocycles. The monoisotopic (exact) mass is 250 g/mol. The summed E-state index contributed by atoms with van der Waals surface area (Å²) in [4.78, 5) is 11.4. The zero-order valence-electron chi connectivity index (χ0n) is 11.3. The van der Waals surface area contributed by atoms with Gasteiger partial charge in [-0.3, -0.25) is 4.79 Å². The van der Waals surface area contributed by atoms with Crippen LogP contribution in [0.4, 0.5) is 0 Å². The van der Waals surface area contributed by atoms with Gasteiger partial charge in [0.15, 0.2) is 0 Å². The largest absolute Gasteiger partial charge is 0.488 e. The lowest BCUT2D eigenvalue weighted by Crippen LogP contribution is -2.27. The van der Waals surface area contributed by atoms with Crippen LogP contribution in [0.1, 0.15) is 32.8 Å². The van der Waals surface area contributed by atoms with Gasteiger partial charge >= 0.3 is 0 Å². The lowest BCUT2D eigenvalue weighted by atomic mass is 10.1. The van der Waals surface area contributed by atoms with Gasteiger partial charge in [-0.15, -0.1) is 0 Å². The SMILES string of the molecule is CC(C)(C)Oc1ccccc1CNC(=O)CCN. The summed E-state index contributed by atoms with van der Waals surface area (Å²) in [5.74, 6) is 0.765. The highest BCUT2D eigenvalue weighted by molar-refractivity contribution is 5.76. The molecule has 1 aromatic carbocycles. The molecule has 0 saturated carbocycles. The summed E-state index contributed by atoms with van der Waals surface area (Å²) in [6, 6.07) is 7.71. The number of hydrogen-bond acceptors (Lipinski definition) is 3. The summed E-state index contributed by atoms with van der Waals surface area (Å²) in [6.07, 6.45) is 0.349. The van der Waals surface area contributed by atoms with E-state index in [1.54, 1.807) is 0 Å². The van der Waals surface area contributed by atoms with Crippen LogP contribution in [-0.4, -0.2) is 18.1 Å². The fraction of sp³-hybridized carbons (Fsp3) is 0.500. The first kappa shape index (κ1) is 14.5. The number of benzene rings is 1. The fourth-order valence-corrected chi connectivity index (χ4v) is 1.49. The smallest absolute Gasteiger partial charge is 0.221 e. The number of carbonyl (C=O) groups is 1. The quantitative estimate of drug-likeness (QED) is 0.838. The highest BCUT2D eigenvalue weighted by Gasteiger charge is 2.14. The Balaban J connectivity index is 2.67. The van der Waals surface area contributed by atoms with Gasteiger partial charge in [-0.25, -0.2) is 0 Å². The van der Waals surface area contributed by atoms with E-state index in [9.17, 15) is 4.79 Å². The molecule has 1 aromatic rings. The second-order valence-electron chi connectivity index (χ2n) is 5.14. The van der Waals surface area contributed by atoms with Crippen molar-refractivity contribution >= 4 is 5.91 Å². The number of hydrogen-bond donors (Lipinski definition) is 2. The maximum absolute atomic E-state index is 11.4. The standard InChI is InChI=1S/C14H22N2O2/c1-14(2,3)18-12-7-5-4-6-11(12)10-16-13(17)8-9-15/h4-7H,8-10,15H2,1-3H3,(H,16,17). The van der Waals surface area contributed by atoms with Crippen molar-refractivity contribution in [1.29, 1.82) is 0 Å². The van der Waals surface area contributed by atoms with E-state index in [4.69, 9.17) is 10.5 Å². The van der Waals surface area contributed by atoms with Crippen LogP contribution in [0.3, 0.4) is 0 Å². The first-order chi connectivity index (χ1) is 8.42. The number of para-hydroxylation sites is 1. The molecule has 4 nitrogen and oxygen atoms in total. The summed E-state index contributed by atoms with van der Waals surface area (Å²) in [6.45, 7) is 6.82. The Hall–Kier alpha value is -1.55. The van der Waals surface area contributed by atoms with Gasteiger partial charge in [-0.2, -0.15) is 0 Å². The third-order valence-electron chi connectivity index (χ3n) is 2.24. The van der Waals surface area contributed by atoms with Crippen molar-refractivity contribution in [3.63, 3.8) is 0 Å². The normalized spacial score (nSPS) is 11.1. The Labute approximate surface area is 109 Å². The summed E-state index contributed by atoms with van der Waals surface area (Å²) >= 11 is 0. The van der Waals surface area contributed by atoms with Crippen LogP contribution in [-0.2, 0) is 11.3 Å². The predicted molar refractivity (Wildman–Crippen MR) is 72.3 cm³/mol. The van der Waals surface area contributed by atoms with Crippen molar-refractivity contribution in [2.45, 2.75) is 39.3 Å². The van der Waals surface area contributed by atoms with E-state index >= 15 is 0 Å². The zero-order valence-corrected chi connectivity index (χ0v) is 11.3. The Morgan fingerprint density at radius 3 is 2.61 bits per heavy atom. The molecule has 4 heteroatoms. The number of nitrogens with one attached hydrogen (secondary N) is 1. The molecule has 0 aromatic heterocycles. The molecular formula is C14H22N2O2. The van der Waals surface area contributed by atoms with Gasteiger partial charge in [0.05, 0.1) is 0 Å². The Morgan fingerprint density at radius 2 is 2.00 bits per heavy atom. The zero-order chi connectivity index (χ0) is 13.6. The highest BCUT2D eigenvalue weighted by Crippen LogP contribution is 2.22. The predicted octanol–water partition coefficient (Wildman–Crippen LogP) is 1.83. The molecule has 0 atom stereocenters. The third kappa shape index (κ3) is 5.19. The van der Waals surface area contributed by atoms with E-state index in [2.05, 4.69) is 5.32 Å². The molecule has 0 aliphatic carbocycles. The molecule has 3 N–H and O–H groups in total. The topological polar surface area (TPSA) is 64.3 Å². The molecule has 0 radical (unpaired) electrons. The molecule has 1 rings (SSSR count). The van der Waals surface area contributed by atoms with E-state index < -0.39 is 0 Å². The van der Waals surface area contributed by atoms with Crippen molar-refractivity contribution in [2.75, 3.05) is 6.54 Å². The molecule has 100 valence electrons. The van der Waals surface area contributed by atoms with Gasteiger partial charge in [0, 0.05) is 25.1 Å². The highest BCUT2D eigenvalue weighted by atomic mass is 16.5. The molecule has 1 amide bonds. The van der Waals surface area contributed by atoms with E-state index in [0.29, 0.717) is 19.5 Å². The van der Waals surface area contributed by atoms with Crippen molar-refractivity contribution in [3.05, 3.63) is 29.8 Å². The van der Waals surface area contributed by atoms with Crippen molar-refractivity contribution < 1.29 is 9.53 Å². The van der Waals surface area contributed by atoms with E-state index in [-0.39, 0.29) is 11.5 Å². The number of nitrogens with two attached hydrogens (primary N) is 1. The lowest BCUT2D eigenvalue weighted by molar-refractivity contribution is -0.121. The first-order valence-corrected chi connectivity index (χ1v) is 6.16. The maximum Gasteiger partial charge on any atom is 0.221 e. The first-order valence-electron chi connectivity index (χ1n) is 6.16. The van der Waals surface area contributed by atoms with Crippen LogP contribution in [0.25, 0.3) is 0 Å². The molecule has 0 fully saturated rings. The second-order valence-corrected chi connectivity index (χ2v) is 5.14. The van der Waals surface area contributed by atoms with Crippen LogP contribution in [0.5, 0.6) is 5.75 Å². The van der Waals surface area contributed by atoms with Gasteiger partial charge in [0.25, 0.3) is 0 Å². The van der Waals surface area contributed by atoms with Crippen LogP contribution < -0.4 is 15.8 Å². The summed E-state index contributed by atoms with van der Waals surface area (Å²) in [5.41, 5.74) is 6.04. The van der Waals surface area contributed by atoms with Crippen molar-refractivity contribution in [1.82, 2.24) is 5.32 Å². The van der Waals surface area contributed by atoms with E-state index in [1.807, 2.05) is 45.0 Å². The molecule has 18 heavy (non-hydrogen) atoms. The Bertz CT molecular complexity index is 397. The van der Waals surface area contributed by atoms with Crippen LogP contribution in [0, 0.1) is 0 Å². The summed E-state index contributed by atoms with van der Waals surface area (Å²) in [7, 11) is 0. The summed E-state index contributed by atoms with van der Waals surface area (Å²) < 4.78 is 5.85. The minimum absolute atomic E-state index is 0.0388. The molecule has 0 heterocycles. The van der Waals surface area contributed by atoms with Gasteiger partial charge in [-0.1, -0.05) is 18.2 Å². The van der Waals surface area contributed by atoms with Crippen molar-refractivity contribution in [2.24, 2.45) is 5.73 Å². The molecule has 0 spiro atoms. The van der Waals surface area contributed by atoms with Crippen LogP contribution in [0.2, 0.25) is 0 Å². The van der Waals surface area contributed by atoms with Gasteiger partial charge in [-0.05, 0) is 26.8 Å². The maximum atomic E-state index is 11.4. The average molecular weight is 250 g/mol. The fourth-order valence-electron chi connectivity index (χ4n) is 1.49. The molecule has 0 saturated heterocycles. The minimum atomic E-state index is -0.253. The lowest BCUT2D eigenvalue weighted by Gasteiger charge is -2.23. The van der Waals surface area contributed by atoms with Gasteiger partial charge < -0.3 is 15.8 Å². The molecule has 0 unspecified atom stereocenters. The third-order valence-corrected chi connectivity index (χ3v) is 2.24.